The van der Waals surface area contributed by atoms with Crippen LogP contribution < -0.4 is 4.90 Å². The minimum absolute atomic E-state index is 0.130. The second-order valence-corrected chi connectivity index (χ2v) is 8.54. The molecule has 5 rings (SSSR count). The van der Waals surface area contributed by atoms with Crippen LogP contribution in [0.5, 0.6) is 0 Å². The minimum atomic E-state index is 0.130. The van der Waals surface area contributed by atoms with Gasteiger partial charge in [0.1, 0.15) is 0 Å². The molecule has 0 amide bonds. The van der Waals surface area contributed by atoms with Crippen molar-refractivity contribution in [1.82, 2.24) is 14.8 Å². The maximum Gasteiger partial charge on any atom is 0.232 e. The highest BCUT2D eigenvalue weighted by molar-refractivity contribution is 7.99. The molecule has 2 heterocycles. The number of carbonyl (C=O) groups is 1. The van der Waals surface area contributed by atoms with Gasteiger partial charge in [-0.05, 0) is 48.6 Å². The smallest absolute Gasteiger partial charge is 0.232 e. The third-order valence-electron chi connectivity index (χ3n) is 5.68. The molecule has 2 aromatic carbocycles. The molecule has 1 fully saturated rings. The van der Waals surface area contributed by atoms with Crippen LogP contribution >= 0.6 is 11.8 Å². The Hall–Kier alpha value is -2.64. The largest absolute Gasteiger partial charge is 0.378 e. The first-order valence-corrected chi connectivity index (χ1v) is 11.4. The summed E-state index contributed by atoms with van der Waals surface area (Å²) in [6.45, 7) is 2.93. The zero-order chi connectivity index (χ0) is 20.3. The van der Waals surface area contributed by atoms with Crippen LogP contribution in [0.25, 0.3) is 5.69 Å². The lowest BCUT2D eigenvalue weighted by Crippen LogP contribution is -2.37. The Bertz CT molecular complexity index is 1040. The quantitative estimate of drug-likeness (QED) is 0.449. The van der Waals surface area contributed by atoms with Crippen molar-refractivity contribution < 1.29 is 9.53 Å². The molecular weight excluding hydrogens is 396 g/mol. The van der Waals surface area contributed by atoms with E-state index in [2.05, 4.69) is 27.2 Å². The minimum Gasteiger partial charge on any atom is -0.378 e. The van der Waals surface area contributed by atoms with Gasteiger partial charge >= 0.3 is 0 Å². The molecule has 1 saturated heterocycles. The standard InChI is InChI=1S/C23H24N4O2S/c28-21(19-10-9-17-5-4-6-18(17)15-19)16-30-23-25-24-22(26-11-13-29-14-12-26)27(23)20-7-2-1-3-8-20/h1-3,7-10,15H,4-6,11-14,16H2. The number of thioether (sulfide) groups is 1. The van der Waals surface area contributed by atoms with Gasteiger partial charge in [0.25, 0.3) is 0 Å². The molecule has 0 unspecified atom stereocenters. The number of para-hydroxylation sites is 1. The molecule has 154 valence electrons. The Kier molecular flexibility index (Phi) is 5.55. The van der Waals surface area contributed by atoms with Gasteiger partial charge in [-0.25, -0.2) is 0 Å². The van der Waals surface area contributed by atoms with Crippen molar-refractivity contribution in [2.24, 2.45) is 0 Å². The summed E-state index contributed by atoms with van der Waals surface area (Å²) in [5, 5.41) is 9.63. The number of aryl methyl sites for hydroxylation is 2. The second-order valence-electron chi connectivity index (χ2n) is 7.60. The van der Waals surface area contributed by atoms with Crippen molar-refractivity contribution in [3.63, 3.8) is 0 Å². The van der Waals surface area contributed by atoms with Gasteiger partial charge in [-0.3, -0.25) is 9.36 Å². The molecule has 0 saturated carbocycles. The number of nitrogens with zero attached hydrogens (tertiary/aromatic N) is 4. The van der Waals surface area contributed by atoms with Crippen LogP contribution in [-0.2, 0) is 17.6 Å². The molecule has 30 heavy (non-hydrogen) atoms. The molecule has 1 aromatic heterocycles. The number of aromatic nitrogens is 3. The monoisotopic (exact) mass is 420 g/mol. The lowest BCUT2D eigenvalue weighted by Gasteiger charge is -2.27. The fraction of sp³-hybridized carbons (Fsp3) is 0.348. The molecule has 1 aliphatic heterocycles. The molecule has 0 spiro atoms. The molecule has 1 aliphatic carbocycles. The van der Waals surface area contributed by atoms with Crippen molar-refractivity contribution in [1.29, 1.82) is 0 Å². The number of carbonyl (C=O) groups excluding carboxylic acids is 1. The van der Waals surface area contributed by atoms with Crippen molar-refractivity contribution in [2.45, 2.75) is 24.4 Å². The van der Waals surface area contributed by atoms with Gasteiger partial charge < -0.3 is 9.64 Å². The molecule has 0 N–H and O–H groups in total. The predicted octanol–water partition coefficient (Wildman–Crippen LogP) is 3.57. The number of hydrogen-bond donors (Lipinski definition) is 0. The number of anilines is 1. The Labute approximate surface area is 180 Å². The summed E-state index contributed by atoms with van der Waals surface area (Å²) in [5.74, 6) is 1.27. The number of morpholine rings is 1. The first kappa shape index (κ1) is 19.3. The molecule has 2 aliphatic rings. The Morgan fingerprint density at radius 1 is 1.00 bits per heavy atom. The van der Waals surface area contributed by atoms with E-state index in [0.717, 1.165) is 48.3 Å². The zero-order valence-corrected chi connectivity index (χ0v) is 17.6. The lowest BCUT2D eigenvalue weighted by molar-refractivity contribution is 0.102. The Morgan fingerprint density at radius 3 is 2.63 bits per heavy atom. The highest BCUT2D eigenvalue weighted by Gasteiger charge is 2.22. The molecule has 3 aromatic rings. The first-order chi connectivity index (χ1) is 14.8. The third-order valence-corrected chi connectivity index (χ3v) is 6.61. The number of Topliss-reactive ketones (excluding diaryl/α,β-unsaturated/α-hetero) is 1. The Morgan fingerprint density at radius 2 is 1.80 bits per heavy atom. The summed E-state index contributed by atoms with van der Waals surface area (Å²) in [6, 6.07) is 16.2. The molecule has 0 radical (unpaired) electrons. The summed E-state index contributed by atoms with van der Waals surface area (Å²) in [7, 11) is 0. The molecule has 0 atom stereocenters. The second kappa shape index (κ2) is 8.62. The van der Waals surface area contributed by atoms with E-state index in [1.165, 1.54) is 29.3 Å². The van der Waals surface area contributed by atoms with Gasteiger partial charge in [-0.1, -0.05) is 42.1 Å². The van der Waals surface area contributed by atoms with Crippen LogP contribution in [0.3, 0.4) is 0 Å². The van der Waals surface area contributed by atoms with E-state index in [-0.39, 0.29) is 5.78 Å². The average molecular weight is 421 g/mol. The zero-order valence-electron chi connectivity index (χ0n) is 16.8. The predicted molar refractivity (Wildman–Crippen MR) is 118 cm³/mol. The summed E-state index contributed by atoms with van der Waals surface area (Å²) in [6.07, 6.45) is 3.39. The van der Waals surface area contributed by atoms with Crippen LogP contribution in [0.4, 0.5) is 5.95 Å². The van der Waals surface area contributed by atoms with Crippen molar-refractivity contribution >= 4 is 23.5 Å². The highest BCUT2D eigenvalue weighted by atomic mass is 32.2. The number of ketones is 1. The maximum atomic E-state index is 12.9. The fourth-order valence-corrected chi connectivity index (χ4v) is 4.93. The van der Waals surface area contributed by atoms with E-state index in [4.69, 9.17) is 4.74 Å². The molecule has 6 nitrogen and oxygen atoms in total. The van der Waals surface area contributed by atoms with Crippen LogP contribution in [0.2, 0.25) is 0 Å². The maximum absolute atomic E-state index is 12.9. The normalized spacial score (nSPS) is 15.9. The SMILES string of the molecule is O=C(CSc1nnc(N2CCOCC2)n1-c1ccccc1)c1ccc2c(c1)CCC2. The van der Waals surface area contributed by atoms with Gasteiger partial charge in [0, 0.05) is 18.7 Å². The van der Waals surface area contributed by atoms with Gasteiger partial charge in [-0.15, -0.1) is 10.2 Å². The van der Waals surface area contributed by atoms with Gasteiger partial charge in [0.15, 0.2) is 10.9 Å². The van der Waals surface area contributed by atoms with Crippen molar-refractivity contribution in [2.75, 3.05) is 37.0 Å². The number of fused-ring (bicyclic) bond motifs is 1. The van der Waals surface area contributed by atoms with Crippen LogP contribution in [0.1, 0.15) is 27.9 Å². The van der Waals surface area contributed by atoms with Crippen LogP contribution in [-0.4, -0.2) is 52.6 Å². The number of benzene rings is 2. The van der Waals surface area contributed by atoms with E-state index in [1.807, 2.05) is 41.0 Å². The summed E-state index contributed by atoms with van der Waals surface area (Å²) in [4.78, 5) is 15.1. The lowest BCUT2D eigenvalue weighted by atomic mass is 10.0. The average Bonchev–Trinajstić information content (AvgIpc) is 3.45. The summed E-state index contributed by atoms with van der Waals surface area (Å²) < 4.78 is 7.53. The summed E-state index contributed by atoms with van der Waals surface area (Å²) in [5.41, 5.74) is 4.50. The van der Waals surface area contributed by atoms with Crippen molar-refractivity contribution in [3.8, 4) is 5.69 Å². The van der Waals surface area contributed by atoms with E-state index in [9.17, 15) is 4.79 Å². The number of hydrogen-bond acceptors (Lipinski definition) is 6. The van der Waals surface area contributed by atoms with E-state index in [0.29, 0.717) is 19.0 Å². The molecule has 0 bridgehead atoms. The van der Waals surface area contributed by atoms with E-state index >= 15 is 0 Å². The van der Waals surface area contributed by atoms with E-state index in [1.54, 1.807) is 0 Å². The van der Waals surface area contributed by atoms with Crippen LogP contribution in [0.15, 0.2) is 53.7 Å². The van der Waals surface area contributed by atoms with E-state index < -0.39 is 0 Å². The number of rotatable bonds is 6. The fourth-order valence-electron chi connectivity index (χ4n) is 4.09. The first-order valence-electron chi connectivity index (χ1n) is 10.4. The topological polar surface area (TPSA) is 60.3 Å². The van der Waals surface area contributed by atoms with Gasteiger partial charge in [0.05, 0.1) is 24.7 Å². The molecule has 7 heteroatoms. The number of ether oxygens (including phenoxy) is 1. The van der Waals surface area contributed by atoms with Gasteiger partial charge in [0.2, 0.25) is 5.95 Å². The van der Waals surface area contributed by atoms with Crippen LogP contribution in [0, 0.1) is 0 Å². The van der Waals surface area contributed by atoms with Gasteiger partial charge in [-0.2, -0.15) is 0 Å². The summed E-state index contributed by atoms with van der Waals surface area (Å²) >= 11 is 1.44. The molecular formula is C23H24N4O2S. The van der Waals surface area contributed by atoms with Crippen molar-refractivity contribution in [3.05, 3.63) is 65.2 Å². The Balaban J connectivity index is 1.38. The highest BCUT2D eigenvalue weighted by Crippen LogP contribution is 2.28. The third kappa shape index (κ3) is 3.87.